The Morgan fingerprint density at radius 3 is 1.38 bits per heavy atom. The molecule has 4 N–H and O–H groups in total. The predicted octanol–water partition coefficient (Wildman–Crippen LogP) is 2.91. The van der Waals surface area contributed by atoms with Gasteiger partial charge in [0.25, 0.3) is 11.8 Å². The number of aliphatic carboxylic acids is 2. The average Bonchev–Trinajstić information content (AvgIpc) is 2.84. The van der Waals surface area contributed by atoms with Gasteiger partial charge in [-0.05, 0) is 49.9 Å². The number of carboxylic acid groups (broad SMARTS) is 2. The van der Waals surface area contributed by atoms with E-state index in [1.54, 1.807) is 49.1 Å². The number of rotatable bonds is 14. The number of amides is 2. The van der Waals surface area contributed by atoms with Gasteiger partial charge >= 0.3 is 11.9 Å². The lowest BCUT2D eigenvalue weighted by molar-refractivity contribution is -0.139. The monoisotopic (exact) mass is 472 g/mol. The Labute approximate surface area is 198 Å². The summed E-state index contributed by atoms with van der Waals surface area (Å²) in [5.74, 6) is -1.92. The minimum absolute atomic E-state index is 0.0628. The summed E-state index contributed by atoms with van der Waals surface area (Å²) >= 11 is 0. The van der Waals surface area contributed by atoms with Crippen LogP contribution in [0.2, 0.25) is 0 Å². The van der Waals surface area contributed by atoms with Crippen molar-refractivity contribution in [1.82, 2.24) is 20.6 Å². The van der Waals surface area contributed by atoms with Gasteiger partial charge in [-0.25, -0.2) is 0 Å². The third kappa shape index (κ3) is 14.3. The van der Waals surface area contributed by atoms with Crippen molar-refractivity contribution in [3.63, 3.8) is 0 Å². The average molecular weight is 473 g/mol. The highest BCUT2D eigenvalue weighted by atomic mass is 16.4. The second kappa shape index (κ2) is 17.7. The number of hydrogen-bond donors (Lipinski definition) is 4. The van der Waals surface area contributed by atoms with E-state index in [-0.39, 0.29) is 24.7 Å². The smallest absolute Gasteiger partial charge is 0.303 e. The first kappa shape index (κ1) is 28.2. The molecule has 0 saturated heterocycles. The zero-order valence-electron chi connectivity index (χ0n) is 19.1. The number of hydrogen-bond acceptors (Lipinski definition) is 6. The van der Waals surface area contributed by atoms with Crippen molar-refractivity contribution in [2.75, 3.05) is 13.1 Å². The molecule has 2 aromatic heterocycles. The first-order valence-corrected chi connectivity index (χ1v) is 11.2. The Balaban J connectivity index is 0.000000489. The quantitative estimate of drug-likeness (QED) is 0.305. The molecule has 184 valence electrons. The lowest BCUT2D eigenvalue weighted by Crippen LogP contribution is -2.25. The minimum Gasteiger partial charge on any atom is -0.481 e. The Morgan fingerprint density at radius 1 is 0.647 bits per heavy atom. The highest BCUT2D eigenvalue weighted by Gasteiger charge is 2.05. The second-order valence-corrected chi connectivity index (χ2v) is 7.40. The molecule has 10 nitrogen and oxygen atoms in total. The van der Waals surface area contributed by atoms with Gasteiger partial charge in [0.15, 0.2) is 0 Å². The van der Waals surface area contributed by atoms with Crippen molar-refractivity contribution in [2.45, 2.75) is 51.4 Å². The molecule has 0 fully saturated rings. The van der Waals surface area contributed by atoms with Crippen molar-refractivity contribution < 1.29 is 29.4 Å². The van der Waals surface area contributed by atoms with Gasteiger partial charge in [-0.3, -0.25) is 29.1 Å². The van der Waals surface area contributed by atoms with Crippen LogP contribution in [0.4, 0.5) is 0 Å². The van der Waals surface area contributed by atoms with Gasteiger partial charge in [0.05, 0.1) is 11.1 Å². The maximum absolute atomic E-state index is 11.8. The predicted molar refractivity (Wildman–Crippen MR) is 125 cm³/mol. The summed E-state index contributed by atoms with van der Waals surface area (Å²) in [6, 6.07) is 6.98. The molecule has 0 aliphatic heterocycles. The summed E-state index contributed by atoms with van der Waals surface area (Å²) in [4.78, 5) is 51.2. The summed E-state index contributed by atoms with van der Waals surface area (Å²) < 4.78 is 0. The molecule has 0 unspecified atom stereocenters. The molecule has 0 spiro atoms. The Kier molecular flexibility index (Phi) is 14.7. The molecule has 2 amide bonds. The van der Waals surface area contributed by atoms with Crippen LogP contribution in [0.1, 0.15) is 72.1 Å². The van der Waals surface area contributed by atoms with Crippen LogP contribution in [0.15, 0.2) is 49.1 Å². The van der Waals surface area contributed by atoms with Gasteiger partial charge < -0.3 is 20.8 Å². The number of carbonyl (C=O) groups excluding carboxylic acids is 2. The van der Waals surface area contributed by atoms with Crippen molar-refractivity contribution in [3.8, 4) is 0 Å². The zero-order valence-corrected chi connectivity index (χ0v) is 19.1. The fraction of sp³-hybridized carbons (Fsp3) is 0.417. The van der Waals surface area contributed by atoms with E-state index in [4.69, 9.17) is 10.2 Å². The highest BCUT2D eigenvalue weighted by Crippen LogP contribution is 2.01. The van der Waals surface area contributed by atoms with Crippen LogP contribution in [-0.4, -0.2) is 57.0 Å². The molecule has 0 bridgehead atoms. The van der Waals surface area contributed by atoms with Crippen molar-refractivity contribution in [3.05, 3.63) is 60.2 Å². The maximum Gasteiger partial charge on any atom is 0.303 e. The van der Waals surface area contributed by atoms with Crippen LogP contribution < -0.4 is 10.6 Å². The normalized spacial score (nSPS) is 9.88. The Hall–Kier alpha value is -3.82. The number of nitrogens with zero attached hydrogens (tertiary/aromatic N) is 2. The van der Waals surface area contributed by atoms with Crippen LogP contribution in [0.3, 0.4) is 0 Å². The van der Waals surface area contributed by atoms with Crippen LogP contribution in [0.5, 0.6) is 0 Å². The van der Waals surface area contributed by atoms with Gasteiger partial charge in [0, 0.05) is 50.7 Å². The topological polar surface area (TPSA) is 159 Å². The molecule has 0 aliphatic carbocycles. The van der Waals surface area contributed by atoms with Crippen LogP contribution >= 0.6 is 0 Å². The van der Waals surface area contributed by atoms with E-state index in [9.17, 15) is 19.2 Å². The number of aromatic nitrogens is 2. The molecule has 0 aromatic carbocycles. The van der Waals surface area contributed by atoms with E-state index in [2.05, 4.69) is 20.6 Å². The number of carboxylic acids is 2. The van der Waals surface area contributed by atoms with E-state index in [1.807, 2.05) is 0 Å². The minimum atomic E-state index is -0.870. The van der Waals surface area contributed by atoms with Gasteiger partial charge in [-0.2, -0.15) is 0 Å². The maximum atomic E-state index is 11.8. The molecule has 2 aromatic rings. The lowest BCUT2D eigenvalue weighted by Gasteiger charge is -2.06. The standard InChI is InChI=1S/C18H22N4O2.C6H10O4/c23-17(15-7-5-9-19-13-15)21-11-3-1-2-4-12-22-18(24)16-8-6-10-20-14-16;7-5(8)3-1-2-4-6(9)10/h5-10,13-14H,1-4,11-12H2,(H,21,23)(H,22,24);1-4H2,(H,7,8)(H,9,10). The highest BCUT2D eigenvalue weighted by molar-refractivity contribution is 5.94. The SMILES string of the molecule is O=C(NCCCCCCNC(=O)c1cccnc1)c1cccnc1.O=C(O)CCCCC(=O)O. The molecule has 2 rings (SSSR count). The fourth-order valence-corrected chi connectivity index (χ4v) is 2.76. The third-order valence-electron chi connectivity index (χ3n) is 4.55. The zero-order chi connectivity index (χ0) is 25.0. The third-order valence-corrected chi connectivity index (χ3v) is 4.55. The number of carbonyl (C=O) groups is 4. The molecular formula is C24H32N4O6. The van der Waals surface area contributed by atoms with Gasteiger partial charge in [0.1, 0.15) is 0 Å². The van der Waals surface area contributed by atoms with Crippen LogP contribution in [0.25, 0.3) is 0 Å². The van der Waals surface area contributed by atoms with E-state index in [0.29, 0.717) is 37.1 Å². The Morgan fingerprint density at radius 2 is 1.06 bits per heavy atom. The summed E-state index contributed by atoms with van der Waals surface area (Å²) in [6.45, 7) is 1.30. The van der Waals surface area contributed by atoms with E-state index >= 15 is 0 Å². The van der Waals surface area contributed by atoms with Crippen molar-refractivity contribution >= 4 is 23.8 Å². The summed E-state index contributed by atoms with van der Waals surface area (Å²) in [6.07, 6.45) is 11.3. The Bertz CT molecular complexity index is 804. The van der Waals surface area contributed by atoms with E-state index in [0.717, 1.165) is 25.7 Å². The molecule has 2 heterocycles. The molecule has 10 heteroatoms. The molecule has 0 saturated carbocycles. The number of nitrogens with one attached hydrogen (secondary N) is 2. The lowest BCUT2D eigenvalue weighted by atomic mass is 10.2. The molecule has 0 radical (unpaired) electrons. The van der Waals surface area contributed by atoms with Gasteiger partial charge in [0.2, 0.25) is 0 Å². The first-order chi connectivity index (χ1) is 16.4. The summed E-state index contributed by atoms with van der Waals surface area (Å²) in [7, 11) is 0. The van der Waals surface area contributed by atoms with Crippen molar-refractivity contribution in [2.24, 2.45) is 0 Å². The van der Waals surface area contributed by atoms with Gasteiger partial charge in [-0.15, -0.1) is 0 Å². The van der Waals surface area contributed by atoms with Crippen LogP contribution in [-0.2, 0) is 9.59 Å². The summed E-state index contributed by atoms with van der Waals surface area (Å²) in [5, 5.41) is 22.0. The molecule has 0 aliphatic rings. The fourth-order valence-electron chi connectivity index (χ4n) is 2.76. The largest absolute Gasteiger partial charge is 0.481 e. The molecule has 0 atom stereocenters. The summed E-state index contributed by atoms with van der Waals surface area (Å²) in [5.41, 5.74) is 1.16. The van der Waals surface area contributed by atoms with E-state index < -0.39 is 11.9 Å². The number of unbranched alkanes of at least 4 members (excludes halogenated alkanes) is 4. The first-order valence-electron chi connectivity index (χ1n) is 11.2. The number of pyridine rings is 2. The molecular weight excluding hydrogens is 440 g/mol. The second-order valence-electron chi connectivity index (χ2n) is 7.40. The van der Waals surface area contributed by atoms with Gasteiger partial charge in [-0.1, -0.05) is 12.8 Å². The van der Waals surface area contributed by atoms with Crippen molar-refractivity contribution in [1.29, 1.82) is 0 Å². The van der Waals surface area contributed by atoms with Crippen LogP contribution in [0, 0.1) is 0 Å². The van der Waals surface area contributed by atoms with E-state index in [1.165, 1.54) is 0 Å². The molecule has 34 heavy (non-hydrogen) atoms.